The van der Waals surface area contributed by atoms with Crippen LogP contribution in [0.15, 0.2) is 18.2 Å². The van der Waals surface area contributed by atoms with Crippen LogP contribution >= 0.6 is 0 Å². The van der Waals surface area contributed by atoms with E-state index in [0.717, 1.165) is 6.42 Å². The zero-order chi connectivity index (χ0) is 12.3. The van der Waals surface area contributed by atoms with Crippen molar-refractivity contribution in [3.05, 3.63) is 23.8 Å². The third kappa shape index (κ3) is 2.87. The van der Waals surface area contributed by atoms with E-state index in [4.69, 9.17) is 5.73 Å². The number of aliphatic hydroxyl groups is 1. The molecule has 0 aliphatic rings. The third-order valence-corrected chi connectivity index (χ3v) is 2.90. The lowest BCUT2D eigenvalue weighted by Crippen LogP contribution is -2.31. The highest BCUT2D eigenvalue weighted by molar-refractivity contribution is 5.38. The lowest BCUT2D eigenvalue weighted by atomic mass is 9.91. The summed E-state index contributed by atoms with van der Waals surface area (Å²) in [4.78, 5) is 0. The molecule has 1 unspecified atom stereocenters. The van der Waals surface area contributed by atoms with E-state index in [-0.39, 0.29) is 17.4 Å². The van der Waals surface area contributed by atoms with Crippen molar-refractivity contribution in [1.82, 2.24) is 0 Å². The molecule has 4 heteroatoms. The van der Waals surface area contributed by atoms with Crippen molar-refractivity contribution in [1.29, 1.82) is 0 Å². The van der Waals surface area contributed by atoms with Gasteiger partial charge in [0.15, 0.2) is 0 Å². The fraction of sp³-hybridized carbons (Fsp3) is 0.500. The van der Waals surface area contributed by atoms with Crippen LogP contribution in [0.3, 0.4) is 0 Å². The van der Waals surface area contributed by atoms with E-state index < -0.39 is 12.1 Å². The molecule has 0 spiro atoms. The molecule has 90 valence electrons. The Hall–Kier alpha value is -1.26. The van der Waals surface area contributed by atoms with Crippen molar-refractivity contribution in [2.24, 2.45) is 11.7 Å². The highest BCUT2D eigenvalue weighted by Crippen LogP contribution is 2.27. The predicted octanol–water partition coefficient (Wildman–Crippen LogP) is 1.50. The summed E-state index contributed by atoms with van der Waals surface area (Å²) in [5.41, 5.74) is 6.41. The van der Waals surface area contributed by atoms with Crippen LogP contribution in [0.25, 0.3) is 0 Å². The fourth-order valence-electron chi connectivity index (χ4n) is 1.60. The van der Waals surface area contributed by atoms with Gasteiger partial charge in [0.2, 0.25) is 0 Å². The first kappa shape index (κ1) is 12.8. The van der Waals surface area contributed by atoms with Crippen LogP contribution in [0, 0.1) is 5.92 Å². The van der Waals surface area contributed by atoms with Crippen molar-refractivity contribution < 1.29 is 15.3 Å². The number of nitrogens with two attached hydrogens (primary N) is 1. The van der Waals surface area contributed by atoms with Crippen LogP contribution in [0.5, 0.6) is 11.5 Å². The van der Waals surface area contributed by atoms with Crippen LogP contribution in [0.4, 0.5) is 0 Å². The van der Waals surface area contributed by atoms with Gasteiger partial charge in [-0.15, -0.1) is 0 Å². The largest absolute Gasteiger partial charge is 0.508 e. The summed E-state index contributed by atoms with van der Waals surface area (Å²) in [5, 5.41) is 28.6. The van der Waals surface area contributed by atoms with E-state index in [1.165, 1.54) is 18.2 Å². The minimum atomic E-state index is -0.689. The summed E-state index contributed by atoms with van der Waals surface area (Å²) in [7, 11) is 0. The first-order valence-electron chi connectivity index (χ1n) is 5.42. The highest BCUT2D eigenvalue weighted by atomic mass is 16.3. The molecule has 0 aliphatic heterocycles. The Labute approximate surface area is 95.3 Å². The number of hydrogen-bond acceptors (Lipinski definition) is 4. The Kier molecular flexibility index (Phi) is 4.15. The average molecular weight is 225 g/mol. The fourth-order valence-corrected chi connectivity index (χ4v) is 1.60. The molecule has 5 N–H and O–H groups in total. The Morgan fingerprint density at radius 2 is 1.69 bits per heavy atom. The Balaban J connectivity index is 2.91. The Bertz CT molecular complexity index is 334. The minimum absolute atomic E-state index is 0.0539. The molecule has 1 aromatic carbocycles. The lowest BCUT2D eigenvalue weighted by molar-refractivity contribution is 0.0878. The third-order valence-electron chi connectivity index (χ3n) is 2.90. The number of hydrogen-bond donors (Lipinski definition) is 4. The summed E-state index contributed by atoms with van der Waals surface area (Å²) in [6.45, 7) is 3.88. The Morgan fingerprint density at radius 3 is 2.12 bits per heavy atom. The van der Waals surface area contributed by atoms with E-state index in [0.29, 0.717) is 5.56 Å². The van der Waals surface area contributed by atoms with Gasteiger partial charge in [0.05, 0.1) is 12.1 Å². The number of rotatable bonds is 4. The molecule has 3 atom stereocenters. The molecule has 16 heavy (non-hydrogen) atoms. The normalized spacial score (nSPS) is 16.8. The zero-order valence-electron chi connectivity index (χ0n) is 9.59. The summed E-state index contributed by atoms with van der Waals surface area (Å²) >= 11 is 0. The molecular weight excluding hydrogens is 206 g/mol. The zero-order valence-corrected chi connectivity index (χ0v) is 9.59. The van der Waals surface area contributed by atoms with Gasteiger partial charge in [0.1, 0.15) is 11.5 Å². The van der Waals surface area contributed by atoms with Crippen LogP contribution < -0.4 is 5.73 Å². The van der Waals surface area contributed by atoms with Crippen LogP contribution in [-0.4, -0.2) is 21.4 Å². The van der Waals surface area contributed by atoms with E-state index in [9.17, 15) is 15.3 Å². The molecule has 0 fully saturated rings. The number of aliphatic hydroxyl groups excluding tert-OH is 1. The molecule has 0 saturated carbocycles. The molecule has 0 aromatic heterocycles. The maximum atomic E-state index is 9.93. The molecule has 0 amide bonds. The minimum Gasteiger partial charge on any atom is -0.508 e. The van der Waals surface area contributed by atoms with Gasteiger partial charge in [-0.05, 0) is 23.6 Å². The monoisotopic (exact) mass is 225 g/mol. The van der Waals surface area contributed by atoms with E-state index in [1.807, 2.05) is 13.8 Å². The van der Waals surface area contributed by atoms with Crippen molar-refractivity contribution in [3.8, 4) is 11.5 Å². The average Bonchev–Trinajstić information content (AvgIpc) is 2.24. The van der Waals surface area contributed by atoms with Crippen molar-refractivity contribution in [3.63, 3.8) is 0 Å². The molecule has 0 saturated heterocycles. The molecule has 0 bridgehead atoms. The number of aromatic hydroxyl groups is 2. The first-order chi connectivity index (χ1) is 7.45. The molecule has 1 aromatic rings. The second-order valence-corrected chi connectivity index (χ2v) is 4.18. The summed E-state index contributed by atoms with van der Waals surface area (Å²) in [6, 6.07) is 3.53. The number of phenolic OH excluding ortho intramolecular Hbond substituents is 2. The quantitative estimate of drug-likeness (QED) is 0.625. The lowest BCUT2D eigenvalue weighted by Gasteiger charge is -2.24. The molecule has 0 aliphatic carbocycles. The van der Waals surface area contributed by atoms with Gasteiger partial charge >= 0.3 is 0 Å². The van der Waals surface area contributed by atoms with E-state index in [1.54, 1.807) is 0 Å². The van der Waals surface area contributed by atoms with Crippen LogP contribution in [0.1, 0.15) is 31.9 Å². The first-order valence-corrected chi connectivity index (χ1v) is 5.42. The maximum Gasteiger partial charge on any atom is 0.119 e. The second-order valence-electron chi connectivity index (χ2n) is 4.18. The molecule has 1 rings (SSSR count). The second kappa shape index (κ2) is 5.18. The topological polar surface area (TPSA) is 86.7 Å². The molecule has 4 nitrogen and oxygen atoms in total. The van der Waals surface area contributed by atoms with Gasteiger partial charge in [0.25, 0.3) is 0 Å². The van der Waals surface area contributed by atoms with Gasteiger partial charge < -0.3 is 21.1 Å². The van der Waals surface area contributed by atoms with Gasteiger partial charge in [-0.25, -0.2) is 0 Å². The van der Waals surface area contributed by atoms with Crippen molar-refractivity contribution >= 4 is 0 Å². The summed E-state index contributed by atoms with van der Waals surface area (Å²) < 4.78 is 0. The van der Waals surface area contributed by atoms with Crippen LogP contribution in [0.2, 0.25) is 0 Å². The standard InChI is InChI=1S/C12H19NO3/c1-3-7(2)12(16)11(13)8-4-9(14)6-10(15)5-8/h4-7,11-12,14-16H,3,13H2,1-2H3/t7?,11-,12+/m0/s1. The molecule has 0 heterocycles. The summed E-state index contributed by atoms with van der Waals surface area (Å²) in [6.07, 6.45) is 0.130. The molecule has 0 radical (unpaired) electrons. The van der Waals surface area contributed by atoms with E-state index >= 15 is 0 Å². The summed E-state index contributed by atoms with van der Waals surface area (Å²) in [5.74, 6) is -0.0388. The van der Waals surface area contributed by atoms with Gasteiger partial charge in [-0.2, -0.15) is 0 Å². The van der Waals surface area contributed by atoms with Crippen molar-refractivity contribution in [2.45, 2.75) is 32.4 Å². The van der Waals surface area contributed by atoms with Crippen LogP contribution in [-0.2, 0) is 0 Å². The van der Waals surface area contributed by atoms with Gasteiger partial charge in [-0.3, -0.25) is 0 Å². The smallest absolute Gasteiger partial charge is 0.119 e. The van der Waals surface area contributed by atoms with Gasteiger partial charge in [-0.1, -0.05) is 20.3 Å². The highest BCUT2D eigenvalue weighted by Gasteiger charge is 2.22. The maximum absolute atomic E-state index is 9.93. The van der Waals surface area contributed by atoms with E-state index in [2.05, 4.69) is 0 Å². The Morgan fingerprint density at radius 1 is 1.19 bits per heavy atom. The number of phenols is 2. The van der Waals surface area contributed by atoms with Gasteiger partial charge in [0, 0.05) is 6.07 Å². The SMILES string of the molecule is CCC(C)[C@@H](O)[C@@H](N)c1cc(O)cc(O)c1. The molecular formula is C12H19NO3. The van der Waals surface area contributed by atoms with Crippen molar-refractivity contribution in [2.75, 3.05) is 0 Å². The number of benzene rings is 1. The predicted molar refractivity (Wildman–Crippen MR) is 62.2 cm³/mol.